The number of rotatable bonds is 6. The maximum absolute atomic E-state index is 4.64. The van der Waals surface area contributed by atoms with Gasteiger partial charge in [-0.25, -0.2) is 4.98 Å². The van der Waals surface area contributed by atoms with Gasteiger partial charge in [0.2, 0.25) is 0 Å². The molecule has 0 radical (unpaired) electrons. The highest BCUT2D eigenvalue weighted by molar-refractivity contribution is 5.67. The van der Waals surface area contributed by atoms with Crippen LogP contribution in [0.4, 0.5) is 17.2 Å². The summed E-state index contributed by atoms with van der Waals surface area (Å²) in [7, 11) is 0. The van der Waals surface area contributed by atoms with Crippen LogP contribution in [0.3, 0.4) is 0 Å². The van der Waals surface area contributed by atoms with E-state index >= 15 is 0 Å². The Labute approximate surface area is 140 Å². The summed E-state index contributed by atoms with van der Waals surface area (Å²) in [6.07, 6.45) is 2.24. The Hall–Kier alpha value is -2.03. The summed E-state index contributed by atoms with van der Waals surface area (Å²) in [6.45, 7) is 12.9. The molecule has 3 heteroatoms. The largest absolute Gasteiger partial charge is 0.382 e. The van der Waals surface area contributed by atoms with E-state index in [0.717, 1.165) is 35.7 Å². The zero-order chi connectivity index (χ0) is 17.0. The van der Waals surface area contributed by atoms with Crippen molar-refractivity contribution in [2.45, 2.75) is 60.4 Å². The first-order chi connectivity index (χ1) is 10.9. The van der Waals surface area contributed by atoms with Gasteiger partial charge in [0.1, 0.15) is 5.82 Å². The summed E-state index contributed by atoms with van der Waals surface area (Å²) in [5.41, 5.74) is 7.10. The van der Waals surface area contributed by atoms with Gasteiger partial charge in [-0.1, -0.05) is 31.5 Å². The van der Waals surface area contributed by atoms with E-state index in [2.05, 4.69) is 74.5 Å². The van der Waals surface area contributed by atoms with E-state index in [1.165, 1.54) is 16.7 Å². The molecule has 0 amide bonds. The number of anilines is 3. The molecular formula is C20H29N3. The van der Waals surface area contributed by atoms with Crippen molar-refractivity contribution in [1.29, 1.82) is 0 Å². The van der Waals surface area contributed by atoms with Crippen LogP contribution in [0.1, 0.15) is 49.1 Å². The molecule has 0 atom stereocenters. The van der Waals surface area contributed by atoms with Crippen molar-refractivity contribution in [1.82, 2.24) is 4.98 Å². The van der Waals surface area contributed by atoms with E-state index in [9.17, 15) is 0 Å². The van der Waals surface area contributed by atoms with Gasteiger partial charge in [-0.3, -0.25) is 0 Å². The first-order valence-corrected chi connectivity index (χ1v) is 8.53. The molecule has 0 aliphatic rings. The molecule has 2 rings (SSSR count). The predicted molar refractivity (Wildman–Crippen MR) is 101 cm³/mol. The zero-order valence-electron chi connectivity index (χ0n) is 15.2. The van der Waals surface area contributed by atoms with Gasteiger partial charge < -0.3 is 10.6 Å². The van der Waals surface area contributed by atoms with Crippen molar-refractivity contribution >= 4 is 17.2 Å². The van der Waals surface area contributed by atoms with Crippen LogP contribution in [0, 0.1) is 27.7 Å². The maximum atomic E-state index is 4.64. The Kier molecular flexibility index (Phi) is 5.64. The van der Waals surface area contributed by atoms with E-state index in [4.69, 9.17) is 0 Å². The van der Waals surface area contributed by atoms with Crippen LogP contribution in [0.5, 0.6) is 0 Å². The highest BCUT2D eigenvalue weighted by Gasteiger charge is 2.08. The lowest BCUT2D eigenvalue weighted by molar-refractivity contribution is 0.671. The smallest absolute Gasteiger partial charge is 0.132 e. The molecule has 2 aromatic rings. The minimum atomic E-state index is 0.507. The molecule has 1 aromatic carbocycles. The number of hydrogen-bond acceptors (Lipinski definition) is 3. The topological polar surface area (TPSA) is 37.0 Å². The quantitative estimate of drug-likeness (QED) is 0.722. The fourth-order valence-electron chi connectivity index (χ4n) is 3.05. The van der Waals surface area contributed by atoms with Crippen molar-refractivity contribution in [3.05, 3.63) is 46.6 Å². The van der Waals surface area contributed by atoms with E-state index < -0.39 is 0 Å². The number of pyridine rings is 1. The second kappa shape index (κ2) is 7.49. The predicted octanol–water partition coefficient (Wildman–Crippen LogP) is 5.66. The number of nitrogens with one attached hydrogen (secondary N) is 2. The van der Waals surface area contributed by atoms with Gasteiger partial charge in [0.15, 0.2) is 0 Å². The Morgan fingerprint density at radius 2 is 1.52 bits per heavy atom. The molecular weight excluding hydrogens is 282 g/mol. The number of nitrogens with zero attached hydrogens (tertiary/aromatic N) is 1. The molecule has 23 heavy (non-hydrogen) atoms. The van der Waals surface area contributed by atoms with Gasteiger partial charge in [0, 0.05) is 29.2 Å². The fourth-order valence-corrected chi connectivity index (χ4v) is 3.05. The number of aromatic nitrogens is 1. The Morgan fingerprint density at radius 1 is 0.913 bits per heavy atom. The maximum Gasteiger partial charge on any atom is 0.132 e. The van der Waals surface area contributed by atoms with Gasteiger partial charge in [-0.05, 0) is 57.7 Å². The van der Waals surface area contributed by atoms with Crippen LogP contribution in [0.25, 0.3) is 0 Å². The van der Waals surface area contributed by atoms with Crippen molar-refractivity contribution in [3.8, 4) is 0 Å². The van der Waals surface area contributed by atoms with Crippen LogP contribution in [-0.2, 0) is 0 Å². The monoisotopic (exact) mass is 311 g/mol. The molecule has 0 aliphatic carbocycles. The summed E-state index contributed by atoms with van der Waals surface area (Å²) < 4.78 is 0. The van der Waals surface area contributed by atoms with Crippen molar-refractivity contribution < 1.29 is 0 Å². The average Bonchev–Trinajstić information content (AvgIpc) is 2.48. The van der Waals surface area contributed by atoms with Crippen molar-refractivity contribution in [2.75, 3.05) is 10.6 Å². The molecule has 1 heterocycles. The summed E-state index contributed by atoms with van der Waals surface area (Å²) >= 11 is 0. The lowest BCUT2D eigenvalue weighted by Gasteiger charge is -2.18. The Balaban J connectivity index is 2.29. The lowest BCUT2D eigenvalue weighted by atomic mass is 10.1. The lowest BCUT2D eigenvalue weighted by Crippen LogP contribution is -2.17. The van der Waals surface area contributed by atoms with Gasteiger partial charge in [-0.15, -0.1) is 0 Å². The Bertz CT molecular complexity index is 650. The summed E-state index contributed by atoms with van der Waals surface area (Å²) in [5.74, 6) is 0.897. The molecule has 0 bridgehead atoms. The van der Waals surface area contributed by atoms with Crippen LogP contribution in [0.15, 0.2) is 24.3 Å². The number of hydrogen-bond donors (Lipinski definition) is 2. The second-order valence-corrected chi connectivity index (χ2v) is 6.44. The van der Waals surface area contributed by atoms with Gasteiger partial charge >= 0.3 is 0 Å². The van der Waals surface area contributed by atoms with E-state index in [0.29, 0.717) is 6.04 Å². The molecule has 0 saturated carbocycles. The van der Waals surface area contributed by atoms with Gasteiger partial charge in [0.25, 0.3) is 0 Å². The van der Waals surface area contributed by atoms with Crippen molar-refractivity contribution in [2.24, 2.45) is 0 Å². The molecule has 0 fully saturated rings. The minimum absolute atomic E-state index is 0.507. The SMILES string of the molecule is CCC(CC)Nc1cc(C)nc(Nc2c(C)cc(C)cc2C)c1. The third-order valence-electron chi connectivity index (χ3n) is 4.24. The highest BCUT2D eigenvalue weighted by Crippen LogP contribution is 2.27. The van der Waals surface area contributed by atoms with E-state index in [1.54, 1.807) is 0 Å². The Morgan fingerprint density at radius 3 is 2.09 bits per heavy atom. The first-order valence-electron chi connectivity index (χ1n) is 8.53. The molecule has 0 unspecified atom stereocenters. The normalized spacial score (nSPS) is 10.9. The van der Waals surface area contributed by atoms with Crippen LogP contribution < -0.4 is 10.6 Å². The van der Waals surface area contributed by atoms with Gasteiger partial charge in [0.05, 0.1) is 0 Å². The molecule has 3 nitrogen and oxygen atoms in total. The molecule has 0 saturated heterocycles. The second-order valence-electron chi connectivity index (χ2n) is 6.44. The standard InChI is InChI=1S/C20H29N3/c1-7-17(8-2)22-18-11-16(6)21-19(12-18)23-20-14(4)9-13(3)10-15(20)5/h9-12,17H,7-8H2,1-6H3,(H2,21,22,23). The van der Waals surface area contributed by atoms with Crippen LogP contribution >= 0.6 is 0 Å². The number of benzene rings is 1. The third kappa shape index (κ3) is 4.47. The fraction of sp³-hybridized carbons (Fsp3) is 0.450. The minimum Gasteiger partial charge on any atom is -0.382 e. The highest BCUT2D eigenvalue weighted by atomic mass is 15.0. The first kappa shape index (κ1) is 17.3. The summed E-state index contributed by atoms with van der Waals surface area (Å²) in [6, 6.07) is 9.12. The van der Waals surface area contributed by atoms with E-state index in [-0.39, 0.29) is 0 Å². The molecule has 0 aliphatic heterocycles. The molecule has 2 N–H and O–H groups in total. The van der Waals surface area contributed by atoms with Crippen LogP contribution in [0.2, 0.25) is 0 Å². The number of aryl methyl sites for hydroxylation is 4. The summed E-state index contributed by atoms with van der Waals surface area (Å²) in [5, 5.41) is 7.11. The average molecular weight is 311 g/mol. The summed E-state index contributed by atoms with van der Waals surface area (Å²) in [4.78, 5) is 4.64. The zero-order valence-corrected chi connectivity index (χ0v) is 15.2. The van der Waals surface area contributed by atoms with Crippen molar-refractivity contribution in [3.63, 3.8) is 0 Å². The third-order valence-corrected chi connectivity index (χ3v) is 4.24. The molecule has 124 valence electrons. The molecule has 0 spiro atoms. The molecule has 1 aromatic heterocycles. The van der Waals surface area contributed by atoms with E-state index in [1.807, 2.05) is 6.92 Å². The van der Waals surface area contributed by atoms with Gasteiger partial charge in [-0.2, -0.15) is 0 Å². The van der Waals surface area contributed by atoms with Crippen LogP contribution in [-0.4, -0.2) is 11.0 Å².